The van der Waals surface area contributed by atoms with E-state index in [2.05, 4.69) is 11.4 Å². The van der Waals surface area contributed by atoms with Crippen LogP contribution in [0.4, 0.5) is 0 Å². The molecule has 2 aliphatic heterocycles. The molecule has 2 rings (SSSR count). The van der Waals surface area contributed by atoms with E-state index >= 15 is 0 Å². The molecule has 0 aromatic carbocycles. The summed E-state index contributed by atoms with van der Waals surface area (Å²) in [6.45, 7) is 3.87. The van der Waals surface area contributed by atoms with Gasteiger partial charge in [-0.1, -0.05) is 11.6 Å². The van der Waals surface area contributed by atoms with E-state index in [0.717, 1.165) is 45.4 Å². The average molecular weight is 180 g/mol. The molecule has 0 unspecified atom stereocenters. The number of likely N-dealkylation sites (tertiary alicyclic amines) is 1. The minimum atomic E-state index is 0.333. The van der Waals surface area contributed by atoms with Crippen LogP contribution in [-0.4, -0.2) is 37.0 Å². The molecule has 1 fully saturated rings. The van der Waals surface area contributed by atoms with E-state index in [0.29, 0.717) is 5.91 Å². The largest absolute Gasteiger partial charge is 0.339 e. The lowest BCUT2D eigenvalue weighted by Crippen LogP contribution is -2.30. The third-order valence-corrected chi connectivity index (χ3v) is 2.72. The lowest BCUT2D eigenvalue weighted by molar-refractivity contribution is -0.127. The summed E-state index contributed by atoms with van der Waals surface area (Å²) >= 11 is 0. The Morgan fingerprint density at radius 2 is 2.38 bits per heavy atom. The molecule has 0 aromatic rings. The molecule has 1 N–H and O–H groups in total. The zero-order valence-electron chi connectivity index (χ0n) is 7.88. The zero-order chi connectivity index (χ0) is 9.10. The molecule has 1 saturated heterocycles. The number of hydrogen-bond donors (Lipinski definition) is 1. The second kappa shape index (κ2) is 3.92. The first kappa shape index (κ1) is 8.75. The van der Waals surface area contributed by atoms with Crippen molar-refractivity contribution in [3.63, 3.8) is 0 Å². The summed E-state index contributed by atoms with van der Waals surface area (Å²) in [5, 5.41) is 3.27. The predicted octanol–water partition coefficient (Wildman–Crippen LogP) is 0.528. The van der Waals surface area contributed by atoms with Gasteiger partial charge in [0.2, 0.25) is 5.91 Å². The fourth-order valence-electron chi connectivity index (χ4n) is 1.93. The molecule has 3 heteroatoms. The highest BCUT2D eigenvalue weighted by molar-refractivity contribution is 5.78. The zero-order valence-corrected chi connectivity index (χ0v) is 7.88. The van der Waals surface area contributed by atoms with Gasteiger partial charge in [0, 0.05) is 26.1 Å². The lowest BCUT2D eigenvalue weighted by Gasteiger charge is -2.20. The van der Waals surface area contributed by atoms with Crippen molar-refractivity contribution in [2.45, 2.75) is 19.3 Å². The summed E-state index contributed by atoms with van der Waals surface area (Å²) in [6, 6.07) is 0. The summed E-state index contributed by atoms with van der Waals surface area (Å²) in [4.78, 5) is 13.3. The average Bonchev–Trinajstić information content (AvgIpc) is 2.54. The second-order valence-electron chi connectivity index (χ2n) is 3.74. The van der Waals surface area contributed by atoms with Crippen LogP contribution in [0.3, 0.4) is 0 Å². The molecule has 0 radical (unpaired) electrons. The molecule has 0 atom stereocenters. The first-order chi connectivity index (χ1) is 6.36. The Morgan fingerprint density at radius 1 is 1.46 bits per heavy atom. The summed E-state index contributed by atoms with van der Waals surface area (Å²) < 4.78 is 0. The fourth-order valence-corrected chi connectivity index (χ4v) is 1.93. The van der Waals surface area contributed by atoms with Crippen LogP contribution in [0.2, 0.25) is 0 Å². The van der Waals surface area contributed by atoms with Gasteiger partial charge in [0.25, 0.3) is 0 Å². The minimum Gasteiger partial charge on any atom is -0.339 e. The van der Waals surface area contributed by atoms with E-state index in [1.807, 2.05) is 4.90 Å². The fraction of sp³-hybridized carbons (Fsp3) is 0.700. The highest BCUT2D eigenvalue weighted by atomic mass is 16.2. The van der Waals surface area contributed by atoms with Crippen LogP contribution in [0, 0.1) is 0 Å². The first-order valence-electron chi connectivity index (χ1n) is 5.02. The van der Waals surface area contributed by atoms with Gasteiger partial charge in [-0.3, -0.25) is 4.79 Å². The van der Waals surface area contributed by atoms with Gasteiger partial charge in [0.05, 0.1) is 0 Å². The quantitative estimate of drug-likeness (QED) is 0.629. The topological polar surface area (TPSA) is 32.3 Å². The van der Waals surface area contributed by atoms with Crippen molar-refractivity contribution in [3.05, 3.63) is 11.6 Å². The third kappa shape index (κ3) is 2.10. The highest BCUT2D eigenvalue weighted by Gasteiger charge is 2.20. The van der Waals surface area contributed by atoms with Crippen molar-refractivity contribution in [2.24, 2.45) is 0 Å². The maximum atomic E-state index is 11.3. The predicted molar refractivity (Wildman–Crippen MR) is 51.4 cm³/mol. The number of nitrogens with zero attached hydrogens (tertiary/aromatic N) is 1. The van der Waals surface area contributed by atoms with E-state index in [1.54, 1.807) is 0 Å². The minimum absolute atomic E-state index is 0.333. The first-order valence-corrected chi connectivity index (χ1v) is 5.02. The Kier molecular flexibility index (Phi) is 2.64. The van der Waals surface area contributed by atoms with Crippen LogP contribution in [0.1, 0.15) is 19.3 Å². The highest BCUT2D eigenvalue weighted by Crippen LogP contribution is 2.14. The van der Waals surface area contributed by atoms with E-state index in [1.165, 1.54) is 5.57 Å². The molecule has 0 spiro atoms. The Labute approximate surface area is 78.8 Å². The molecule has 13 heavy (non-hydrogen) atoms. The van der Waals surface area contributed by atoms with Crippen molar-refractivity contribution in [2.75, 3.05) is 26.2 Å². The van der Waals surface area contributed by atoms with Gasteiger partial charge >= 0.3 is 0 Å². The lowest BCUT2D eigenvalue weighted by atomic mass is 10.1. The maximum Gasteiger partial charge on any atom is 0.222 e. The Bertz CT molecular complexity index is 235. The van der Waals surface area contributed by atoms with Crippen molar-refractivity contribution in [1.29, 1.82) is 0 Å². The van der Waals surface area contributed by atoms with Crippen LogP contribution >= 0.6 is 0 Å². The molecular formula is C10H16N2O. The van der Waals surface area contributed by atoms with E-state index in [4.69, 9.17) is 0 Å². The van der Waals surface area contributed by atoms with Crippen LogP contribution in [0.5, 0.6) is 0 Å². The van der Waals surface area contributed by atoms with E-state index in [9.17, 15) is 4.79 Å². The number of carbonyl (C=O) groups excluding carboxylic acids is 1. The van der Waals surface area contributed by atoms with Crippen LogP contribution in [-0.2, 0) is 4.79 Å². The summed E-state index contributed by atoms with van der Waals surface area (Å²) in [5.41, 5.74) is 1.43. The molecule has 0 bridgehead atoms. The third-order valence-electron chi connectivity index (χ3n) is 2.72. The van der Waals surface area contributed by atoms with E-state index < -0.39 is 0 Å². The molecule has 0 aliphatic carbocycles. The van der Waals surface area contributed by atoms with Crippen molar-refractivity contribution >= 4 is 5.91 Å². The molecule has 0 saturated carbocycles. The van der Waals surface area contributed by atoms with Crippen molar-refractivity contribution < 1.29 is 4.79 Å². The number of hydrogen-bond acceptors (Lipinski definition) is 2. The van der Waals surface area contributed by atoms with Crippen molar-refractivity contribution in [3.8, 4) is 0 Å². The van der Waals surface area contributed by atoms with Gasteiger partial charge in [0.15, 0.2) is 0 Å². The van der Waals surface area contributed by atoms with Crippen LogP contribution in [0.25, 0.3) is 0 Å². The normalized spacial score (nSPS) is 23.5. The Balaban J connectivity index is 1.89. The van der Waals surface area contributed by atoms with Gasteiger partial charge in [-0.05, 0) is 19.4 Å². The molecular weight excluding hydrogens is 164 g/mol. The molecule has 72 valence electrons. The smallest absolute Gasteiger partial charge is 0.222 e. The Hall–Kier alpha value is -0.830. The summed E-state index contributed by atoms with van der Waals surface area (Å²) in [7, 11) is 0. The van der Waals surface area contributed by atoms with Crippen LogP contribution in [0.15, 0.2) is 11.6 Å². The monoisotopic (exact) mass is 180 g/mol. The number of carbonyl (C=O) groups is 1. The van der Waals surface area contributed by atoms with Gasteiger partial charge in [-0.15, -0.1) is 0 Å². The molecule has 3 nitrogen and oxygen atoms in total. The summed E-state index contributed by atoms with van der Waals surface area (Å²) in [6.07, 6.45) is 5.12. The number of amides is 1. The molecule has 2 heterocycles. The Morgan fingerprint density at radius 3 is 3.00 bits per heavy atom. The van der Waals surface area contributed by atoms with Gasteiger partial charge in [-0.2, -0.15) is 0 Å². The SMILES string of the molecule is O=C1CCCN1CC1=CCNCC1. The molecule has 1 amide bonds. The maximum absolute atomic E-state index is 11.3. The standard InChI is InChI=1S/C10H16N2O/c13-10-2-1-7-12(10)8-9-3-5-11-6-4-9/h3,11H,1-2,4-8H2. The van der Waals surface area contributed by atoms with Gasteiger partial charge < -0.3 is 10.2 Å². The number of rotatable bonds is 2. The summed E-state index contributed by atoms with van der Waals surface area (Å²) in [5.74, 6) is 0.333. The van der Waals surface area contributed by atoms with Gasteiger partial charge in [0.1, 0.15) is 0 Å². The van der Waals surface area contributed by atoms with Gasteiger partial charge in [-0.25, -0.2) is 0 Å². The molecule has 0 aromatic heterocycles. The molecule has 2 aliphatic rings. The van der Waals surface area contributed by atoms with Crippen LogP contribution < -0.4 is 5.32 Å². The number of nitrogens with one attached hydrogen (secondary N) is 1. The van der Waals surface area contributed by atoms with E-state index in [-0.39, 0.29) is 0 Å². The second-order valence-corrected chi connectivity index (χ2v) is 3.74. The van der Waals surface area contributed by atoms with Crippen molar-refractivity contribution in [1.82, 2.24) is 10.2 Å².